The molecule has 0 heterocycles. The topological polar surface area (TPSA) is 17.1 Å². The summed E-state index contributed by atoms with van der Waals surface area (Å²) in [5.41, 5.74) is -1.50. The Kier molecular flexibility index (Phi) is 2.90. The van der Waals surface area contributed by atoms with Crippen molar-refractivity contribution in [3.05, 3.63) is 34.4 Å². The third kappa shape index (κ3) is 1.77. The standard InChI is InChI=1S/C10H9ClF2O/c1-10(2,5-14)8-7(12)4-3-6(11)9(8)13/h3-5H,1-2H3. The summed E-state index contributed by atoms with van der Waals surface area (Å²) in [6.07, 6.45) is 0.491. The second-order valence-electron chi connectivity index (χ2n) is 3.56. The van der Waals surface area contributed by atoms with Gasteiger partial charge in [-0.05, 0) is 26.0 Å². The molecule has 0 saturated carbocycles. The van der Waals surface area contributed by atoms with Crippen molar-refractivity contribution < 1.29 is 13.6 Å². The molecule has 0 aliphatic carbocycles. The number of halogens is 3. The Bertz CT molecular complexity index is 375. The lowest BCUT2D eigenvalue weighted by atomic mass is 9.85. The Balaban J connectivity index is 3.47. The highest BCUT2D eigenvalue weighted by Gasteiger charge is 2.28. The minimum atomic E-state index is -1.21. The van der Waals surface area contributed by atoms with Crippen LogP contribution in [0.1, 0.15) is 19.4 Å². The van der Waals surface area contributed by atoms with Gasteiger partial charge in [-0.15, -0.1) is 0 Å². The van der Waals surface area contributed by atoms with Gasteiger partial charge >= 0.3 is 0 Å². The van der Waals surface area contributed by atoms with Crippen LogP contribution in [0.25, 0.3) is 0 Å². The van der Waals surface area contributed by atoms with Crippen LogP contribution in [-0.2, 0) is 10.2 Å². The van der Waals surface area contributed by atoms with Crippen LogP contribution in [0.4, 0.5) is 8.78 Å². The van der Waals surface area contributed by atoms with E-state index in [1.54, 1.807) is 0 Å². The van der Waals surface area contributed by atoms with E-state index in [9.17, 15) is 13.6 Å². The van der Waals surface area contributed by atoms with Crippen molar-refractivity contribution in [3.63, 3.8) is 0 Å². The lowest BCUT2D eigenvalue weighted by Gasteiger charge is -2.19. The van der Waals surface area contributed by atoms with Crippen LogP contribution in [0, 0.1) is 11.6 Å². The maximum absolute atomic E-state index is 13.4. The van der Waals surface area contributed by atoms with Gasteiger partial charge in [0.1, 0.15) is 17.9 Å². The lowest BCUT2D eigenvalue weighted by molar-refractivity contribution is -0.111. The molecular formula is C10H9ClF2O. The first-order chi connectivity index (χ1) is 6.40. The number of benzene rings is 1. The van der Waals surface area contributed by atoms with E-state index in [-0.39, 0.29) is 10.6 Å². The molecule has 0 radical (unpaired) electrons. The first-order valence-corrected chi connectivity index (χ1v) is 4.38. The lowest BCUT2D eigenvalue weighted by Crippen LogP contribution is -2.22. The minimum absolute atomic E-state index is 0.184. The Morgan fingerprint density at radius 3 is 2.43 bits per heavy atom. The molecule has 4 heteroatoms. The third-order valence-electron chi connectivity index (χ3n) is 1.98. The van der Waals surface area contributed by atoms with Crippen LogP contribution in [0.15, 0.2) is 12.1 Å². The van der Waals surface area contributed by atoms with Gasteiger partial charge in [0.15, 0.2) is 0 Å². The Hall–Kier alpha value is -0.960. The normalized spacial score (nSPS) is 11.5. The monoisotopic (exact) mass is 218 g/mol. The van der Waals surface area contributed by atoms with E-state index < -0.39 is 17.0 Å². The van der Waals surface area contributed by atoms with Crippen molar-refractivity contribution in [2.45, 2.75) is 19.3 Å². The van der Waals surface area contributed by atoms with Crippen LogP contribution >= 0.6 is 11.6 Å². The minimum Gasteiger partial charge on any atom is -0.302 e. The molecule has 76 valence electrons. The van der Waals surface area contributed by atoms with Crippen LogP contribution in [0.5, 0.6) is 0 Å². The number of carbonyl (C=O) groups excluding carboxylic acids is 1. The van der Waals surface area contributed by atoms with E-state index >= 15 is 0 Å². The van der Waals surface area contributed by atoms with Gasteiger partial charge in [0.2, 0.25) is 0 Å². The zero-order chi connectivity index (χ0) is 10.9. The molecule has 1 nitrogen and oxygen atoms in total. The van der Waals surface area contributed by atoms with Gasteiger partial charge in [-0.1, -0.05) is 11.6 Å². The van der Waals surface area contributed by atoms with E-state index in [0.29, 0.717) is 6.29 Å². The maximum atomic E-state index is 13.4. The average molecular weight is 219 g/mol. The molecule has 1 aromatic rings. The molecule has 0 aromatic heterocycles. The highest BCUT2D eigenvalue weighted by atomic mass is 35.5. The van der Waals surface area contributed by atoms with E-state index in [4.69, 9.17) is 11.6 Å². The molecule has 0 bridgehead atoms. The van der Waals surface area contributed by atoms with Crippen LogP contribution in [-0.4, -0.2) is 6.29 Å². The van der Waals surface area contributed by atoms with Crippen LogP contribution in [0.2, 0.25) is 5.02 Å². The predicted octanol–water partition coefficient (Wildman–Crippen LogP) is 3.09. The third-order valence-corrected chi connectivity index (χ3v) is 2.27. The Morgan fingerprint density at radius 1 is 1.36 bits per heavy atom. The fraction of sp³-hybridized carbons (Fsp3) is 0.300. The summed E-state index contributed by atoms with van der Waals surface area (Å²) >= 11 is 5.49. The molecule has 1 rings (SSSR count). The van der Waals surface area contributed by atoms with Crippen LogP contribution < -0.4 is 0 Å². The van der Waals surface area contributed by atoms with Crippen molar-refractivity contribution in [3.8, 4) is 0 Å². The summed E-state index contributed by atoms with van der Waals surface area (Å²) in [7, 11) is 0. The molecule has 1 aromatic carbocycles. The largest absolute Gasteiger partial charge is 0.302 e. The molecule has 0 N–H and O–H groups in total. The second kappa shape index (κ2) is 3.65. The van der Waals surface area contributed by atoms with Gasteiger partial charge < -0.3 is 4.79 Å². The predicted molar refractivity (Wildman–Crippen MR) is 50.5 cm³/mol. The molecule has 0 spiro atoms. The van der Waals surface area contributed by atoms with Crippen LogP contribution in [0.3, 0.4) is 0 Å². The molecule has 0 atom stereocenters. The van der Waals surface area contributed by atoms with Gasteiger partial charge in [0.05, 0.1) is 10.4 Å². The molecule has 14 heavy (non-hydrogen) atoms. The quantitative estimate of drug-likeness (QED) is 0.551. The number of hydrogen-bond acceptors (Lipinski definition) is 1. The first-order valence-electron chi connectivity index (χ1n) is 4.00. The Labute approximate surface area is 85.7 Å². The molecule has 0 saturated heterocycles. The zero-order valence-corrected chi connectivity index (χ0v) is 8.53. The van der Waals surface area contributed by atoms with E-state index in [1.807, 2.05) is 0 Å². The molecule has 0 fully saturated rings. The van der Waals surface area contributed by atoms with Gasteiger partial charge in [-0.2, -0.15) is 0 Å². The van der Waals surface area contributed by atoms with E-state index in [0.717, 1.165) is 12.1 Å². The SMILES string of the molecule is CC(C)(C=O)c1c(F)ccc(Cl)c1F. The van der Waals surface area contributed by atoms with Gasteiger partial charge in [-0.25, -0.2) is 8.78 Å². The smallest absolute Gasteiger partial charge is 0.148 e. The summed E-state index contributed by atoms with van der Waals surface area (Å²) in [6.45, 7) is 2.86. The summed E-state index contributed by atoms with van der Waals surface area (Å²) in [5.74, 6) is -1.63. The highest BCUT2D eigenvalue weighted by molar-refractivity contribution is 6.30. The van der Waals surface area contributed by atoms with Gasteiger partial charge in [0, 0.05) is 5.56 Å². The number of aldehydes is 1. The molecule has 0 aliphatic rings. The second-order valence-corrected chi connectivity index (χ2v) is 3.96. The van der Waals surface area contributed by atoms with E-state index in [2.05, 4.69) is 0 Å². The van der Waals surface area contributed by atoms with Gasteiger partial charge in [-0.3, -0.25) is 0 Å². The molecular weight excluding hydrogens is 210 g/mol. The zero-order valence-electron chi connectivity index (χ0n) is 7.77. The highest BCUT2D eigenvalue weighted by Crippen LogP contribution is 2.30. The van der Waals surface area contributed by atoms with Crippen molar-refractivity contribution in [1.82, 2.24) is 0 Å². The summed E-state index contributed by atoms with van der Waals surface area (Å²) < 4.78 is 26.7. The van der Waals surface area contributed by atoms with Crippen molar-refractivity contribution in [1.29, 1.82) is 0 Å². The molecule has 0 amide bonds. The number of rotatable bonds is 2. The van der Waals surface area contributed by atoms with E-state index in [1.165, 1.54) is 13.8 Å². The summed E-state index contributed by atoms with van der Waals surface area (Å²) in [5, 5.41) is -0.184. The molecule has 0 aliphatic heterocycles. The first kappa shape index (κ1) is 11.1. The number of hydrogen-bond donors (Lipinski definition) is 0. The summed E-state index contributed by atoms with van der Waals surface area (Å²) in [4.78, 5) is 10.7. The van der Waals surface area contributed by atoms with Gasteiger partial charge in [0.25, 0.3) is 0 Å². The van der Waals surface area contributed by atoms with Crippen molar-refractivity contribution in [2.24, 2.45) is 0 Å². The van der Waals surface area contributed by atoms with Crippen molar-refractivity contribution in [2.75, 3.05) is 0 Å². The fourth-order valence-electron chi connectivity index (χ4n) is 1.18. The average Bonchev–Trinajstić information content (AvgIpc) is 2.12. The number of carbonyl (C=O) groups is 1. The van der Waals surface area contributed by atoms with Crippen molar-refractivity contribution >= 4 is 17.9 Å². The molecule has 0 unspecified atom stereocenters. The maximum Gasteiger partial charge on any atom is 0.148 e. The Morgan fingerprint density at radius 2 is 1.93 bits per heavy atom. The summed E-state index contributed by atoms with van der Waals surface area (Å²) in [6, 6.07) is 2.17. The fourth-order valence-corrected chi connectivity index (χ4v) is 1.33.